The Bertz CT molecular complexity index is 322. The molecule has 1 rings (SSSR count). The van der Waals surface area contributed by atoms with Crippen LogP contribution >= 0.6 is 0 Å². The van der Waals surface area contributed by atoms with Crippen molar-refractivity contribution >= 4 is 6.03 Å². The predicted octanol–water partition coefficient (Wildman–Crippen LogP) is 1.77. The number of phenolic OH excluding ortho intramolecular Hbond substituents is 1. The Balaban J connectivity index is 2.57. The third-order valence-electron chi connectivity index (χ3n) is 2.08. The first-order valence-electron chi connectivity index (χ1n) is 4.96. The summed E-state index contributed by atoms with van der Waals surface area (Å²) >= 11 is 0. The van der Waals surface area contributed by atoms with E-state index in [2.05, 4.69) is 10.6 Å². The van der Waals surface area contributed by atoms with E-state index < -0.39 is 0 Å². The highest BCUT2D eigenvalue weighted by atomic mass is 16.3. The zero-order valence-corrected chi connectivity index (χ0v) is 8.95. The van der Waals surface area contributed by atoms with Crippen molar-refractivity contribution < 1.29 is 9.90 Å². The molecule has 1 aromatic rings. The van der Waals surface area contributed by atoms with Gasteiger partial charge in [0.1, 0.15) is 5.75 Å². The molecule has 4 heteroatoms. The Labute approximate surface area is 89.3 Å². The van der Waals surface area contributed by atoms with Crippen molar-refractivity contribution in [2.75, 3.05) is 6.54 Å². The fourth-order valence-electron chi connectivity index (χ4n) is 1.25. The number of carbonyl (C=O) groups is 1. The van der Waals surface area contributed by atoms with Crippen molar-refractivity contribution in [3.63, 3.8) is 0 Å². The first-order valence-corrected chi connectivity index (χ1v) is 4.96. The van der Waals surface area contributed by atoms with Crippen molar-refractivity contribution in [1.29, 1.82) is 0 Å². The second-order valence-corrected chi connectivity index (χ2v) is 3.32. The highest BCUT2D eigenvalue weighted by Crippen LogP contribution is 2.15. The molecule has 0 fully saturated rings. The van der Waals surface area contributed by atoms with Crippen molar-refractivity contribution in [3.8, 4) is 5.75 Å². The molecule has 1 aromatic carbocycles. The van der Waals surface area contributed by atoms with E-state index in [1.807, 2.05) is 13.8 Å². The largest absolute Gasteiger partial charge is 0.508 e. The summed E-state index contributed by atoms with van der Waals surface area (Å²) in [6.07, 6.45) is 0. The van der Waals surface area contributed by atoms with Crippen molar-refractivity contribution in [1.82, 2.24) is 10.6 Å². The highest BCUT2D eigenvalue weighted by Gasteiger charge is 2.07. The number of amides is 2. The summed E-state index contributed by atoms with van der Waals surface area (Å²) in [6, 6.07) is 6.52. The number of rotatable bonds is 3. The summed E-state index contributed by atoms with van der Waals surface area (Å²) in [4.78, 5) is 11.2. The van der Waals surface area contributed by atoms with Crippen molar-refractivity contribution in [2.45, 2.75) is 19.9 Å². The Morgan fingerprint density at radius 1 is 1.40 bits per heavy atom. The minimum absolute atomic E-state index is 0.0721. The van der Waals surface area contributed by atoms with Gasteiger partial charge in [0.2, 0.25) is 0 Å². The maximum Gasteiger partial charge on any atom is 0.315 e. The summed E-state index contributed by atoms with van der Waals surface area (Å²) in [5.74, 6) is 0.226. The molecule has 0 heterocycles. The second-order valence-electron chi connectivity index (χ2n) is 3.32. The molecular formula is C11H16N2O2. The first kappa shape index (κ1) is 11.4. The first-order chi connectivity index (χ1) is 7.13. The van der Waals surface area contributed by atoms with Crippen LogP contribution in [0, 0.1) is 0 Å². The average Bonchev–Trinajstić information content (AvgIpc) is 2.18. The molecule has 15 heavy (non-hydrogen) atoms. The quantitative estimate of drug-likeness (QED) is 0.709. The number of benzene rings is 1. The van der Waals surface area contributed by atoms with Gasteiger partial charge in [-0.25, -0.2) is 4.79 Å². The van der Waals surface area contributed by atoms with Gasteiger partial charge in [0.05, 0.1) is 6.04 Å². The van der Waals surface area contributed by atoms with E-state index in [1.54, 1.807) is 24.3 Å². The van der Waals surface area contributed by atoms with E-state index in [1.165, 1.54) is 0 Å². The number of aromatic hydroxyl groups is 1. The van der Waals surface area contributed by atoms with Crippen LogP contribution in [-0.2, 0) is 0 Å². The molecule has 0 aliphatic carbocycles. The number of urea groups is 1. The van der Waals surface area contributed by atoms with Crippen LogP contribution in [0.4, 0.5) is 4.79 Å². The average molecular weight is 208 g/mol. The van der Waals surface area contributed by atoms with Crippen molar-refractivity contribution in [3.05, 3.63) is 29.8 Å². The van der Waals surface area contributed by atoms with E-state index in [9.17, 15) is 4.79 Å². The van der Waals surface area contributed by atoms with Gasteiger partial charge in [-0.2, -0.15) is 0 Å². The van der Waals surface area contributed by atoms with Gasteiger partial charge in [-0.15, -0.1) is 0 Å². The number of nitrogens with one attached hydrogen (secondary N) is 2. The van der Waals surface area contributed by atoms with Crippen LogP contribution in [-0.4, -0.2) is 17.7 Å². The second kappa shape index (κ2) is 5.24. The topological polar surface area (TPSA) is 61.4 Å². The number of carbonyl (C=O) groups excluding carboxylic acids is 1. The molecule has 3 N–H and O–H groups in total. The minimum atomic E-state index is -0.182. The van der Waals surface area contributed by atoms with Gasteiger partial charge in [-0.3, -0.25) is 0 Å². The molecule has 0 aliphatic rings. The number of phenols is 1. The molecule has 1 unspecified atom stereocenters. The molecular weight excluding hydrogens is 192 g/mol. The molecule has 0 aliphatic heterocycles. The van der Waals surface area contributed by atoms with Gasteiger partial charge in [0, 0.05) is 6.54 Å². The number of hydrogen-bond donors (Lipinski definition) is 3. The van der Waals surface area contributed by atoms with Gasteiger partial charge < -0.3 is 15.7 Å². The lowest BCUT2D eigenvalue weighted by Gasteiger charge is -2.14. The molecule has 0 radical (unpaired) electrons. The van der Waals surface area contributed by atoms with Crippen LogP contribution in [0.3, 0.4) is 0 Å². The Morgan fingerprint density at radius 2 is 2.00 bits per heavy atom. The normalized spacial score (nSPS) is 11.9. The molecule has 82 valence electrons. The fourth-order valence-corrected chi connectivity index (χ4v) is 1.25. The molecule has 1 atom stereocenters. The van der Waals surface area contributed by atoms with Gasteiger partial charge in [-0.05, 0) is 31.5 Å². The fraction of sp³-hybridized carbons (Fsp3) is 0.364. The number of hydrogen-bond acceptors (Lipinski definition) is 2. The molecule has 0 saturated heterocycles. The van der Waals surface area contributed by atoms with Gasteiger partial charge in [-0.1, -0.05) is 12.1 Å². The summed E-state index contributed by atoms with van der Waals surface area (Å²) in [7, 11) is 0. The third-order valence-corrected chi connectivity index (χ3v) is 2.08. The van der Waals surface area contributed by atoms with Gasteiger partial charge in [0.25, 0.3) is 0 Å². The zero-order chi connectivity index (χ0) is 11.3. The highest BCUT2D eigenvalue weighted by molar-refractivity contribution is 5.74. The van der Waals surface area contributed by atoms with Crippen molar-refractivity contribution in [2.24, 2.45) is 0 Å². The van der Waals surface area contributed by atoms with Gasteiger partial charge in [0.15, 0.2) is 0 Å². The van der Waals surface area contributed by atoms with Gasteiger partial charge >= 0.3 is 6.03 Å². The summed E-state index contributed by atoms with van der Waals surface area (Å²) in [5, 5.41) is 14.5. The van der Waals surface area contributed by atoms with Crippen LogP contribution in [0.1, 0.15) is 25.5 Å². The molecule has 4 nitrogen and oxygen atoms in total. The standard InChI is InChI=1S/C11H16N2O2/c1-3-12-11(15)13-8(2)9-4-6-10(14)7-5-9/h4-8,14H,3H2,1-2H3,(H2,12,13,15). The monoisotopic (exact) mass is 208 g/mol. The van der Waals surface area contributed by atoms with E-state index >= 15 is 0 Å². The predicted molar refractivity (Wildman–Crippen MR) is 58.7 cm³/mol. The lowest BCUT2D eigenvalue weighted by atomic mass is 10.1. The Hall–Kier alpha value is -1.71. The van der Waals surface area contributed by atoms with Crippen LogP contribution in [0.15, 0.2) is 24.3 Å². The van der Waals surface area contributed by atoms with Crippen LogP contribution in [0.5, 0.6) is 5.75 Å². The lowest BCUT2D eigenvalue weighted by Crippen LogP contribution is -2.36. The SMILES string of the molecule is CCNC(=O)NC(C)c1ccc(O)cc1. The maximum absolute atomic E-state index is 11.2. The summed E-state index contributed by atoms with van der Waals surface area (Å²) < 4.78 is 0. The Kier molecular flexibility index (Phi) is 3.97. The molecule has 0 bridgehead atoms. The Morgan fingerprint density at radius 3 is 2.53 bits per heavy atom. The van der Waals surface area contributed by atoms with E-state index in [-0.39, 0.29) is 17.8 Å². The van der Waals surface area contributed by atoms with Crippen LogP contribution in [0.2, 0.25) is 0 Å². The third kappa shape index (κ3) is 3.50. The molecule has 0 spiro atoms. The summed E-state index contributed by atoms with van der Waals surface area (Å²) in [6.45, 7) is 4.36. The molecule has 0 saturated carbocycles. The zero-order valence-electron chi connectivity index (χ0n) is 8.95. The van der Waals surface area contributed by atoms with E-state index in [4.69, 9.17) is 5.11 Å². The molecule has 0 aromatic heterocycles. The smallest absolute Gasteiger partial charge is 0.315 e. The van der Waals surface area contributed by atoms with E-state index in [0.717, 1.165) is 5.56 Å². The lowest BCUT2D eigenvalue weighted by molar-refractivity contribution is 0.238. The van der Waals surface area contributed by atoms with E-state index in [0.29, 0.717) is 6.54 Å². The minimum Gasteiger partial charge on any atom is -0.508 e. The maximum atomic E-state index is 11.2. The molecule has 2 amide bonds. The van der Waals surface area contributed by atoms with Crippen LogP contribution in [0.25, 0.3) is 0 Å². The summed E-state index contributed by atoms with van der Waals surface area (Å²) in [5.41, 5.74) is 0.957. The van der Waals surface area contributed by atoms with Crippen LogP contribution < -0.4 is 10.6 Å².